The third-order valence-corrected chi connectivity index (χ3v) is 4.14. The van der Waals surface area contributed by atoms with Gasteiger partial charge in [-0.1, -0.05) is 12.1 Å². The van der Waals surface area contributed by atoms with Crippen molar-refractivity contribution in [1.29, 1.82) is 0 Å². The first kappa shape index (κ1) is 18.8. The van der Waals surface area contributed by atoms with Crippen molar-refractivity contribution >= 4 is 23.5 Å². The van der Waals surface area contributed by atoms with Crippen LogP contribution in [0.5, 0.6) is 5.75 Å². The summed E-state index contributed by atoms with van der Waals surface area (Å²) in [6.07, 6.45) is 0.0716. The van der Waals surface area contributed by atoms with Crippen LogP contribution in [-0.2, 0) is 14.4 Å². The molecule has 0 bridgehead atoms. The van der Waals surface area contributed by atoms with Crippen molar-refractivity contribution in [2.45, 2.75) is 33.2 Å². The van der Waals surface area contributed by atoms with E-state index in [1.165, 1.54) is 4.90 Å². The Labute approximate surface area is 147 Å². The van der Waals surface area contributed by atoms with Crippen molar-refractivity contribution < 1.29 is 24.2 Å². The maximum absolute atomic E-state index is 12.7. The molecule has 7 nitrogen and oxygen atoms in total. The maximum Gasteiger partial charge on any atom is 0.323 e. The van der Waals surface area contributed by atoms with Crippen LogP contribution in [0.2, 0.25) is 0 Å². The Hall–Kier alpha value is -2.57. The second-order valence-electron chi connectivity index (χ2n) is 6.26. The molecule has 1 saturated heterocycles. The Kier molecular flexibility index (Phi) is 6.01. The van der Waals surface area contributed by atoms with Crippen molar-refractivity contribution in [1.82, 2.24) is 4.90 Å². The topological polar surface area (TPSA) is 87.2 Å². The Bertz CT molecular complexity index is 659. The molecule has 1 aliphatic rings. The summed E-state index contributed by atoms with van der Waals surface area (Å²) >= 11 is 0. The maximum atomic E-state index is 12.7. The predicted octanol–water partition coefficient (Wildman–Crippen LogP) is 1.76. The minimum atomic E-state index is -1.06. The van der Waals surface area contributed by atoms with Gasteiger partial charge in [-0.3, -0.25) is 14.4 Å². The predicted molar refractivity (Wildman–Crippen MR) is 92.6 cm³/mol. The van der Waals surface area contributed by atoms with Gasteiger partial charge in [0, 0.05) is 19.0 Å². The summed E-state index contributed by atoms with van der Waals surface area (Å²) in [5, 5.41) is 9.01. The zero-order valence-corrected chi connectivity index (χ0v) is 14.8. The summed E-state index contributed by atoms with van der Waals surface area (Å²) in [6, 6.07) is 6.96. The standard InChI is InChI=1S/C18H24N2O5/c1-4-25-15-8-6-5-7-14(15)20-10-13(9-16(20)21)18(24)19(12(2)3)11-17(22)23/h5-8,12-13H,4,9-11H2,1-3H3,(H,22,23). The van der Waals surface area contributed by atoms with Crippen molar-refractivity contribution in [2.75, 3.05) is 24.6 Å². The minimum Gasteiger partial charge on any atom is -0.492 e. The molecule has 1 heterocycles. The van der Waals surface area contributed by atoms with E-state index in [9.17, 15) is 14.4 Å². The van der Waals surface area contributed by atoms with E-state index in [0.717, 1.165) is 0 Å². The lowest BCUT2D eigenvalue weighted by molar-refractivity contribution is -0.147. The van der Waals surface area contributed by atoms with Crippen LogP contribution >= 0.6 is 0 Å². The molecule has 136 valence electrons. The highest BCUT2D eigenvalue weighted by molar-refractivity contribution is 6.01. The Balaban J connectivity index is 2.19. The second kappa shape index (κ2) is 8.00. The number of benzene rings is 1. The molecule has 1 N–H and O–H groups in total. The number of amides is 2. The van der Waals surface area contributed by atoms with E-state index in [4.69, 9.17) is 9.84 Å². The number of ether oxygens (including phenoxy) is 1. The number of carbonyl (C=O) groups is 3. The summed E-state index contributed by atoms with van der Waals surface area (Å²) in [4.78, 5) is 39.0. The van der Waals surface area contributed by atoms with Crippen molar-refractivity contribution in [3.05, 3.63) is 24.3 Å². The van der Waals surface area contributed by atoms with E-state index in [1.54, 1.807) is 30.9 Å². The van der Waals surface area contributed by atoms with E-state index in [1.807, 2.05) is 19.1 Å². The molecule has 2 rings (SSSR count). The van der Waals surface area contributed by atoms with Gasteiger partial charge in [0.05, 0.1) is 18.2 Å². The average molecular weight is 348 g/mol. The lowest BCUT2D eigenvalue weighted by Crippen LogP contribution is -2.44. The fourth-order valence-electron chi connectivity index (χ4n) is 2.96. The molecule has 1 aromatic rings. The molecular formula is C18H24N2O5. The van der Waals surface area contributed by atoms with Crippen LogP contribution in [0.15, 0.2) is 24.3 Å². The number of carbonyl (C=O) groups excluding carboxylic acids is 2. The zero-order valence-electron chi connectivity index (χ0n) is 14.8. The van der Waals surface area contributed by atoms with Crippen LogP contribution < -0.4 is 9.64 Å². The van der Waals surface area contributed by atoms with E-state index < -0.39 is 11.9 Å². The van der Waals surface area contributed by atoms with Gasteiger partial charge in [-0.05, 0) is 32.9 Å². The van der Waals surface area contributed by atoms with Gasteiger partial charge in [0.15, 0.2) is 0 Å². The number of para-hydroxylation sites is 2. The van der Waals surface area contributed by atoms with Gasteiger partial charge in [-0.15, -0.1) is 0 Å². The number of carboxylic acids is 1. The first-order valence-electron chi connectivity index (χ1n) is 8.39. The third kappa shape index (κ3) is 4.29. The van der Waals surface area contributed by atoms with Crippen LogP contribution in [0.25, 0.3) is 0 Å². The Morgan fingerprint density at radius 2 is 2.04 bits per heavy atom. The highest BCUT2D eigenvalue weighted by atomic mass is 16.5. The highest BCUT2D eigenvalue weighted by Crippen LogP contribution is 2.33. The van der Waals surface area contributed by atoms with Gasteiger partial charge in [0.25, 0.3) is 0 Å². The number of anilines is 1. The molecule has 0 radical (unpaired) electrons. The van der Waals surface area contributed by atoms with Gasteiger partial charge in [-0.25, -0.2) is 0 Å². The summed E-state index contributed by atoms with van der Waals surface area (Å²) in [6.45, 7) is 5.73. The average Bonchev–Trinajstić information content (AvgIpc) is 2.94. The van der Waals surface area contributed by atoms with Crippen LogP contribution in [0, 0.1) is 5.92 Å². The summed E-state index contributed by atoms with van der Waals surface area (Å²) < 4.78 is 5.56. The SMILES string of the molecule is CCOc1ccccc1N1CC(C(=O)N(CC(=O)O)C(C)C)CC1=O. The molecule has 0 saturated carbocycles. The fraction of sp³-hybridized carbons (Fsp3) is 0.500. The Morgan fingerprint density at radius 1 is 1.36 bits per heavy atom. The number of hydrogen-bond donors (Lipinski definition) is 1. The molecule has 0 aromatic heterocycles. The summed E-state index contributed by atoms with van der Waals surface area (Å²) in [5.41, 5.74) is 0.638. The van der Waals surface area contributed by atoms with Crippen LogP contribution in [-0.4, -0.2) is 53.5 Å². The van der Waals surface area contributed by atoms with Crippen molar-refractivity contribution in [2.24, 2.45) is 5.92 Å². The van der Waals surface area contributed by atoms with Gasteiger partial charge >= 0.3 is 5.97 Å². The van der Waals surface area contributed by atoms with E-state index in [0.29, 0.717) is 18.0 Å². The molecule has 0 spiro atoms. The van der Waals surface area contributed by atoms with Gasteiger partial charge < -0.3 is 19.6 Å². The molecule has 1 aromatic carbocycles. The lowest BCUT2D eigenvalue weighted by atomic mass is 10.1. The van der Waals surface area contributed by atoms with Crippen molar-refractivity contribution in [3.8, 4) is 5.75 Å². The molecule has 25 heavy (non-hydrogen) atoms. The van der Waals surface area contributed by atoms with Crippen LogP contribution in [0.3, 0.4) is 0 Å². The molecular weight excluding hydrogens is 324 g/mol. The number of carboxylic acid groups (broad SMARTS) is 1. The molecule has 7 heteroatoms. The molecule has 1 atom stereocenters. The summed E-state index contributed by atoms with van der Waals surface area (Å²) in [5.74, 6) is -1.49. The quantitative estimate of drug-likeness (QED) is 0.811. The Morgan fingerprint density at radius 3 is 2.64 bits per heavy atom. The largest absolute Gasteiger partial charge is 0.492 e. The van der Waals surface area contributed by atoms with E-state index >= 15 is 0 Å². The molecule has 0 aliphatic carbocycles. The second-order valence-corrected chi connectivity index (χ2v) is 6.26. The highest BCUT2D eigenvalue weighted by Gasteiger charge is 2.39. The van der Waals surface area contributed by atoms with E-state index in [2.05, 4.69) is 0 Å². The van der Waals surface area contributed by atoms with Gasteiger partial charge in [0.1, 0.15) is 12.3 Å². The van der Waals surface area contributed by atoms with Crippen molar-refractivity contribution in [3.63, 3.8) is 0 Å². The number of hydrogen-bond acceptors (Lipinski definition) is 4. The minimum absolute atomic E-state index is 0.0716. The number of nitrogens with zero attached hydrogens (tertiary/aromatic N) is 2. The van der Waals surface area contributed by atoms with Gasteiger partial charge in [-0.2, -0.15) is 0 Å². The molecule has 1 fully saturated rings. The first-order chi connectivity index (χ1) is 11.8. The monoisotopic (exact) mass is 348 g/mol. The molecule has 1 unspecified atom stereocenters. The molecule has 1 aliphatic heterocycles. The summed E-state index contributed by atoms with van der Waals surface area (Å²) in [7, 11) is 0. The normalized spacial score (nSPS) is 17.0. The van der Waals surface area contributed by atoms with Crippen LogP contribution in [0.4, 0.5) is 5.69 Å². The molecule has 2 amide bonds. The lowest BCUT2D eigenvalue weighted by Gasteiger charge is -2.27. The number of rotatable bonds is 7. The first-order valence-corrected chi connectivity index (χ1v) is 8.39. The van der Waals surface area contributed by atoms with E-state index in [-0.39, 0.29) is 37.4 Å². The zero-order chi connectivity index (χ0) is 18.6. The fourth-order valence-corrected chi connectivity index (χ4v) is 2.96. The van der Waals surface area contributed by atoms with Crippen LogP contribution in [0.1, 0.15) is 27.2 Å². The van der Waals surface area contributed by atoms with Gasteiger partial charge in [0.2, 0.25) is 11.8 Å². The third-order valence-electron chi connectivity index (χ3n) is 4.14. The number of aliphatic carboxylic acids is 1. The smallest absolute Gasteiger partial charge is 0.323 e.